The molecule has 1 aliphatic rings. The van der Waals surface area contributed by atoms with Crippen molar-refractivity contribution in [2.24, 2.45) is 11.8 Å². The van der Waals surface area contributed by atoms with E-state index >= 15 is 0 Å². The van der Waals surface area contributed by atoms with E-state index in [1.807, 2.05) is 60.7 Å². The standard InChI is InChI=1S/C15H16N2OS.C14H20N2O2S/c18-15(17-14-6-8-16-9-7-14)13(11-19)10-12-4-2-1-3-5-12;17-14(16-13-9-15-6-7-18-13)12(10-19)8-11-4-2-1-3-5-11/h1-9,13,19H,10-11H2,(H,16,17,18);1-5,12-13,15,19H,6-10H2,(H,16,17). The summed E-state index contributed by atoms with van der Waals surface area (Å²) in [6.07, 6.45) is 4.49. The van der Waals surface area contributed by atoms with Crippen LogP contribution in [-0.4, -0.2) is 54.2 Å². The van der Waals surface area contributed by atoms with Crippen LogP contribution < -0.4 is 16.0 Å². The van der Waals surface area contributed by atoms with Gasteiger partial charge in [0.15, 0.2) is 0 Å². The van der Waals surface area contributed by atoms with Crippen LogP contribution >= 0.6 is 25.3 Å². The Bertz CT molecular complexity index is 1080. The lowest BCUT2D eigenvalue weighted by molar-refractivity contribution is -0.129. The number of aromatic nitrogens is 1. The highest BCUT2D eigenvalue weighted by Crippen LogP contribution is 2.14. The van der Waals surface area contributed by atoms with E-state index in [-0.39, 0.29) is 29.9 Å². The normalized spacial score (nSPS) is 16.3. The number of amides is 2. The number of nitrogens with one attached hydrogen (secondary N) is 3. The summed E-state index contributed by atoms with van der Waals surface area (Å²) in [6.45, 7) is 2.14. The van der Waals surface area contributed by atoms with Crippen LogP contribution in [0.4, 0.5) is 5.69 Å². The predicted octanol–water partition coefficient (Wildman–Crippen LogP) is 3.65. The Hall–Kier alpha value is -2.85. The fourth-order valence-corrected chi connectivity index (χ4v) is 4.48. The van der Waals surface area contributed by atoms with E-state index < -0.39 is 0 Å². The van der Waals surface area contributed by atoms with Gasteiger partial charge < -0.3 is 20.7 Å². The summed E-state index contributed by atoms with van der Waals surface area (Å²) in [7, 11) is 0. The summed E-state index contributed by atoms with van der Waals surface area (Å²) in [4.78, 5) is 28.3. The van der Waals surface area contributed by atoms with Gasteiger partial charge in [-0.3, -0.25) is 14.6 Å². The van der Waals surface area contributed by atoms with Crippen molar-refractivity contribution in [3.05, 3.63) is 96.3 Å². The maximum Gasteiger partial charge on any atom is 0.228 e. The highest BCUT2D eigenvalue weighted by molar-refractivity contribution is 7.80. The number of hydrogen-bond acceptors (Lipinski definition) is 7. The van der Waals surface area contributed by atoms with Crippen molar-refractivity contribution in [2.75, 3.05) is 36.5 Å². The molecule has 2 heterocycles. The van der Waals surface area contributed by atoms with Gasteiger partial charge in [0.25, 0.3) is 0 Å². The van der Waals surface area contributed by atoms with Crippen molar-refractivity contribution in [3.8, 4) is 0 Å². The second-order valence-corrected chi connectivity index (χ2v) is 9.67. The molecule has 1 aromatic heterocycles. The summed E-state index contributed by atoms with van der Waals surface area (Å²) < 4.78 is 5.47. The van der Waals surface area contributed by atoms with Gasteiger partial charge in [0.1, 0.15) is 6.23 Å². The molecule has 0 aliphatic carbocycles. The number of hydrogen-bond donors (Lipinski definition) is 5. The van der Waals surface area contributed by atoms with E-state index in [1.54, 1.807) is 24.5 Å². The fraction of sp³-hybridized carbons (Fsp3) is 0.345. The highest BCUT2D eigenvalue weighted by atomic mass is 32.1. The van der Waals surface area contributed by atoms with Crippen LogP contribution in [0.2, 0.25) is 0 Å². The lowest BCUT2D eigenvalue weighted by atomic mass is 10.00. The molecule has 2 aromatic carbocycles. The molecular formula is C29H36N4O3S2. The first-order valence-corrected chi connectivity index (χ1v) is 14.0. The Morgan fingerprint density at radius 3 is 1.92 bits per heavy atom. The van der Waals surface area contributed by atoms with Crippen molar-refractivity contribution in [1.29, 1.82) is 0 Å². The van der Waals surface area contributed by atoms with Crippen LogP contribution in [0.1, 0.15) is 11.1 Å². The molecule has 4 rings (SSSR count). The first-order chi connectivity index (χ1) is 18.6. The lowest BCUT2D eigenvalue weighted by Gasteiger charge is -2.26. The summed E-state index contributed by atoms with van der Waals surface area (Å²) in [5.74, 6) is 0.778. The second-order valence-electron chi connectivity index (χ2n) is 8.94. The number of carbonyl (C=O) groups is 2. The van der Waals surface area contributed by atoms with E-state index in [2.05, 4.69) is 46.2 Å². The summed E-state index contributed by atoms with van der Waals surface area (Å²) in [6, 6.07) is 23.5. The SMILES string of the molecule is O=C(NC1CNCCO1)C(CS)Cc1ccccc1.O=C(Nc1ccncc1)C(CS)Cc1ccccc1. The topological polar surface area (TPSA) is 92.4 Å². The van der Waals surface area contributed by atoms with E-state index in [0.717, 1.165) is 23.4 Å². The zero-order chi connectivity index (χ0) is 27.0. The molecule has 2 amide bonds. The summed E-state index contributed by atoms with van der Waals surface area (Å²) in [5, 5.41) is 8.99. The number of rotatable bonds is 10. The average Bonchev–Trinajstić information content (AvgIpc) is 2.97. The maximum absolute atomic E-state index is 12.2. The third-order valence-corrected chi connectivity index (χ3v) is 6.89. The Morgan fingerprint density at radius 1 is 0.868 bits per heavy atom. The number of pyridine rings is 1. The molecule has 202 valence electrons. The smallest absolute Gasteiger partial charge is 0.228 e. The van der Waals surface area contributed by atoms with Gasteiger partial charge in [0.2, 0.25) is 11.8 Å². The first-order valence-electron chi connectivity index (χ1n) is 12.7. The Balaban J connectivity index is 0.000000211. The zero-order valence-electron chi connectivity index (χ0n) is 21.3. The van der Waals surface area contributed by atoms with Crippen molar-refractivity contribution >= 4 is 42.8 Å². The number of morpholine rings is 1. The first kappa shape index (κ1) is 29.7. The van der Waals surface area contributed by atoms with Crippen LogP contribution in [-0.2, 0) is 27.2 Å². The number of nitrogens with zero attached hydrogens (tertiary/aromatic N) is 1. The zero-order valence-corrected chi connectivity index (χ0v) is 23.1. The molecule has 3 unspecified atom stereocenters. The molecule has 9 heteroatoms. The van der Waals surface area contributed by atoms with E-state index in [4.69, 9.17) is 4.74 Å². The van der Waals surface area contributed by atoms with Crippen LogP contribution in [0.5, 0.6) is 0 Å². The molecule has 7 nitrogen and oxygen atoms in total. The Morgan fingerprint density at radius 2 is 1.42 bits per heavy atom. The van der Waals surface area contributed by atoms with Crippen LogP contribution in [0.3, 0.4) is 0 Å². The minimum atomic E-state index is -0.223. The van der Waals surface area contributed by atoms with Crippen LogP contribution in [0.15, 0.2) is 85.2 Å². The number of anilines is 1. The molecule has 3 atom stereocenters. The number of ether oxygens (including phenoxy) is 1. The molecule has 1 saturated heterocycles. The van der Waals surface area contributed by atoms with E-state index in [0.29, 0.717) is 37.5 Å². The van der Waals surface area contributed by atoms with Gasteiger partial charge in [-0.15, -0.1) is 0 Å². The van der Waals surface area contributed by atoms with Crippen molar-refractivity contribution in [3.63, 3.8) is 0 Å². The summed E-state index contributed by atoms with van der Waals surface area (Å²) in [5.41, 5.74) is 3.06. The molecule has 0 radical (unpaired) electrons. The molecule has 0 saturated carbocycles. The van der Waals surface area contributed by atoms with Gasteiger partial charge in [0.05, 0.1) is 18.4 Å². The molecule has 1 aliphatic heterocycles. The second kappa shape index (κ2) is 16.9. The lowest BCUT2D eigenvalue weighted by Crippen LogP contribution is -2.50. The van der Waals surface area contributed by atoms with E-state index in [1.165, 1.54) is 0 Å². The predicted molar refractivity (Wildman–Crippen MR) is 159 cm³/mol. The third-order valence-electron chi connectivity index (χ3n) is 6.01. The number of benzene rings is 2. The van der Waals surface area contributed by atoms with E-state index in [9.17, 15) is 9.59 Å². The monoisotopic (exact) mass is 552 g/mol. The number of thiol groups is 2. The quantitative estimate of drug-likeness (QED) is 0.248. The summed E-state index contributed by atoms with van der Waals surface area (Å²) >= 11 is 8.56. The minimum absolute atomic E-state index is 0.00699. The molecule has 1 fully saturated rings. The molecule has 0 spiro atoms. The molecule has 0 bridgehead atoms. The maximum atomic E-state index is 12.2. The van der Waals surface area contributed by atoms with Gasteiger partial charge in [-0.05, 0) is 36.1 Å². The molecule has 3 N–H and O–H groups in total. The Labute approximate surface area is 236 Å². The molecular weight excluding hydrogens is 516 g/mol. The van der Waals surface area contributed by atoms with Crippen LogP contribution in [0, 0.1) is 11.8 Å². The van der Waals surface area contributed by atoms with Gasteiger partial charge in [-0.2, -0.15) is 25.3 Å². The largest absolute Gasteiger partial charge is 0.356 e. The van der Waals surface area contributed by atoms with Crippen LogP contribution in [0.25, 0.3) is 0 Å². The molecule has 38 heavy (non-hydrogen) atoms. The third kappa shape index (κ3) is 10.5. The fourth-order valence-electron chi connectivity index (χ4n) is 3.89. The minimum Gasteiger partial charge on any atom is -0.356 e. The molecule has 3 aromatic rings. The van der Waals surface area contributed by atoms with Crippen molar-refractivity contribution in [2.45, 2.75) is 19.1 Å². The van der Waals surface area contributed by atoms with Gasteiger partial charge >= 0.3 is 0 Å². The van der Waals surface area contributed by atoms with Gasteiger partial charge in [-0.1, -0.05) is 60.7 Å². The van der Waals surface area contributed by atoms with Crippen molar-refractivity contribution in [1.82, 2.24) is 15.6 Å². The average molecular weight is 553 g/mol. The highest BCUT2D eigenvalue weighted by Gasteiger charge is 2.22. The Kier molecular flexibility index (Phi) is 13.2. The number of carbonyl (C=O) groups excluding carboxylic acids is 2. The van der Waals surface area contributed by atoms with Gasteiger partial charge in [-0.25, -0.2) is 0 Å². The van der Waals surface area contributed by atoms with Crippen molar-refractivity contribution < 1.29 is 14.3 Å². The van der Waals surface area contributed by atoms with Gasteiger partial charge in [0, 0.05) is 42.7 Å².